The lowest BCUT2D eigenvalue weighted by Gasteiger charge is -2.39. The Balaban J connectivity index is 0.937. The molecule has 2 saturated heterocycles. The normalized spacial score (nSPS) is 19.1. The van der Waals surface area contributed by atoms with Crippen LogP contribution < -0.4 is 10.3 Å². The molecule has 0 spiro atoms. The quantitative estimate of drug-likeness (QED) is 0.0689. The summed E-state index contributed by atoms with van der Waals surface area (Å²) in [4.78, 5) is 105. The first-order chi connectivity index (χ1) is 34.5. The van der Waals surface area contributed by atoms with E-state index < -0.39 is 73.7 Å². The van der Waals surface area contributed by atoms with Crippen molar-refractivity contribution in [3.63, 3.8) is 0 Å². The standard InChI is InChI=1S/C50H48N8O14/c1-5-32-33-22-31(70-49(62)54-16-12-28(13-17-54)53-14-8-7-9-15-53)10-11-39(33)51-45-36(32)24-55-41(45)23-38-37(46(55)59)25-69-48(61)50(38,6-2)71-47(60)27(4)72-52-44-34-19-29(56(63)64)18-26(3)42(34)43-35(44)20-30(57(65)66)21-40(43)58(67)68/h10-11,18-23,27-28H,5-9,12-17,24-25H2,1-4H3/b52-44+/t27-,50+/m1/s1. The lowest BCUT2D eigenvalue weighted by atomic mass is 9.85. The monoisotopic (exact) mass is 984 g/mol. The average molecular weight is 985 g/mol. The Hall–Kier alpha value is -8.14. The van der Waals surface area contributed by atoms with Crippen molar-refractivity contribution in [2.45, 2.75) is 104 Å². The third-order valence-corrected chi connectivity index (χ3v) is 14.6. The van der Waals surface area contributed by atoms with E-state index in [0.29, 0.717) is 48.2 Å². The topological polar surface area (TPSA) is 271 Å². The van der Waals surface area contributed by atoms with Crippen molar-refractivity contribution in [2.75, 3.05) is 26.2 Å². The minimum atomic E-state index is -2.16. The summed E-state index contributed by atoms with van der Waals surface area (Å²) in [6.45, 7) is 9.42. The number of aryl methyl sites for hydroxylation is 2. The van der Waals surface area contributed by atoms with Gasteiger partial charge in [0.1, 0.15) is 18.1 Å². The van der Waals surface area contributed by atoms with Crippen molar-refractivity contribution in [3.05, 3.63) is 128 Å². The van der Waals surface area contributed by atoms with Gasteiger partial charge >= 0.3 is 18.0 Å². The fourth-order valence-corrected chi connectivity index (χ4v) is 11.0. The first kappa shape index (κ1) is 47.5. The maximum atomic E-state index is 14.5. The van der Waals surface area contributed by atoms with Crippen molar-refractivity contribution < 1.29 is 48.2 Å². The van der Waals surface area contributed by atoms with Crippen LogP contribution in [0.2, 0.25) is 0 Å². The van der Waals surface area contributed by atoms with Crippen LogP contribution in [0.5, 0.6) is 5.75 Å². The smallest absolute Gasteiger partial charge is 0.415 e. The third-order valence-electron chi connectivity index (χ3n) is 14.6. The van der Waals surface area contributed by atoms with E-state index in [9.17, 15) is 49.5 Å². The molecule has 372 valence electrons. The van der Waals surface area contributed by atoms with Crippen molar-refractivity contribution >= 4 is 51.7 Å². The number of pyridine rings is 2. The Labute approximate surface area is 409 Å². The van der Waals surface area contributed by atoms with E-state index in [1.807, 2.05) is 6.92 Å². The van der Waals surface area contributed by atoms with Crippen molar-refractivity contribution in [2.24, 2.45) is 5.16 Å². The molecule has 2 atom stereocenters. The highest BCUT2D eigenvalue weighted by molar-refractivity contribution is 6.26. The van der Waals surface area contributed by atoms with E-state index in [-0.39, 0.29) is 57.6 Å². The molecule has 0 unspecified atom stereocenters. The molecule has 2 aromatic heterocycles. The second-order valence-electron chi connectivity index (χ2n) is 18.7. The molecule has 1 aliphatic carbocycles. The zero-order valence-electron chi connectivity index (χ0n) is 39.8. The van der Waals surface area contributed by atoms with E-state index >= 15 is 0 Å². The van der Waals surface area contributed by atoms with Crippen molar-refractivity contribution in [3.8, 4) is 28.3 Å². The van der Waals surface area contributed by atoms with Gasteiger partial charge < -0.3 is 33.4 Å². The molecule has 0 saturated carbocycles. The van der Waals surface area contributed by atoms with Crippen LogP contribution in [-0.2, 0) is 49.1 Å². The number of fused-ring (bicyclic) bond motifs is 8. The number of hydrogen-bond donors (Lipinski definition) is 0. The minimum absolute atomic E-state index is 0.0179. The number of amides is 1. The van der Waals surface area contributed by atoms with Crippen LogP contribution in [0.3, 0.4) is 0 Å². The number of piperidine rings is 2. The number of oxime groups is 1. The van der Waals surface area contributed by atoms with Gasteiger partial charge in [-0.1, -0.05) is 25.4 Å². The van der Waals surface area contributed by atoms with Gasteiger partial charge in [0.15, 0.2) is 0 Å². The Kier molecular flexibility index (Phi) is 12.0. The molecule has 3 aromatic carbocycles. The Bertz CT molecular complexity index is 3300. The molecule has 5 aromatic rings. The molecule has 0 bridgehead atoms. The maximum absolute atomic E-state index is 14.5. The van der Waals surface area contributed by atoms with Crippen LogP contribution in [0.4, 0.5) is 21.9 Å². The summed E-state index contributed by atoms with van der Waals surface area (Å²) < 4.78 is 19.0. The van der Waals surface area contributed by atoms with Gasteiger partial charge in [-0.3, -0.25) is 35.1 Å². The zero-order chi connectivity index (χ0) is 50.9. The number of aromatic nitrogens is 2. The number of non-ortho nitro benzene ring substituents is 2. The molecule has 10 rings (SSSR count). The molecule has 1 amide bonds. The van der Waals surface area contributed by atoms with Crippen molar-refractivity contribution in [1.82, 2.24) is 19.4 Å². The van der Waals surface area contributed by atoms with Gasteiger partial charge in [0.05, 0.1) is 55.4 Å². The lowest BCUT2D eigenvalue weighted by Crippen LogP contribution is -2.48. The van der Waals surface area contributed by atoms with Crippen LogP contribution in [0.1, 0.15) is 98.2 Å². The van der Waals surface area contributed by atoms with E-state index in [4.69, 9.17) is 24.0 Å². The predicted molar refractivity (Wildman–Crippen MR) is 257 cm³/mol. The number of nitrogens with zero attached hydrogens (tertiary/aromatic N) is 8. The summed E-state index contributed by atoms with van der Waals surface area (Å²) in [6, 6.07) is 11.4. The number of ether oxygens (including phenoxy) is 3. The Morgan fingerprint density at radius 3 is 2.25 bits per heavy atom. The van der Waals surface area contributed by atoms with Gasteiger partial charge in [0.25, 0.3) is 22.6 Å². The van der Waals surface area contributed by atoms with E-state index in [0.717, 1.165) is 60.6 Å². The number of likely N-dealkylation sites (tertiary alicyclic amines) is 2. The maximum Gasteiger partial charge on any atom is 0.415 e. The van der Waals surface area contributed by atoms with Crippen LogP contribution in [-0.4, -0.2) is 96.2 Å². The lowest BCUT2D eigenvalue weighted by molar-refractivity contribution is -0.393. The molecule has 72 heavy (non-hydrogen) atoms. The SMILES string of the molecule is CCc1c2c(nc3ccc(OC(=O)N4CCC(N5CCCCC5)CC4)cc13)-c1cc3c(c(=O)n1C2)COC(=O)[C@@]3(CC)OC(=O)[C@@H](C)O/N=C1\c2cc([N+](=O)[O-])cc(C)c2-c2c1cc([N+](=O)[O-])cc2[N+](=O)[O-]. The number of carbonyl (C=O) groups is 3. The van der Waals surface area contributed by atoms with Gasteiger partial charge in [-0.15, -0.1) is 0 Å². The van der Waals surface area contributed by atoms with Crippen LogP contribution >= 0.6 is 0 Å². The van der Waals surface area contributed by atoms with Crippen molar-refractivity contribution in [1.29, 1.82) is 0 Å². The van der Waals surface area contributed by atoms with Gasteiger partial charge in [-0.25, -0.2) is 19.4 Å². The number of benzene rings is 3. The number of nitro benzene ring substituents is 3. The molecular formula is C50H48N8O14. The largest absolute Gasteiger partial charge is 0.457 e. The first-order valence-electron chi connectivity index (χ1n) is 23.9. The van der Waals surface area contributed by atoms with Gasteiger partial charge in [-0.2, -0.15) is 0 Å². The number of carbonyl (C=O) groups excluding carboxylic acids is 3. The number of rotatable bonds is 11. The second kappa shape index (κ2) is 18.2. The van der Waals surface area contributed by atoms with Crippen LogP contribution in [0.25, 0.3) is 33.4 Å². The van der Waals surface area contributed by atoms with E-state index in [1.54, 1.807) is 36.1 Å². The summed E-state index contributed by atoms with van der Waals surface area (Å²) in [5, 5.41) is 40.9. The van der Waals surface area contributed by atoms with Crippen LogP contribution in [0.15, 0.2) is 58.5 Å². The Morgan fingerprint density at radius 1 is 0.889 bits per heavy atom. The summed E-state index contributed by atoms with van der Waals surface area (Å²) in [5.41, 5.74) is -1.30. The molecule has 22 heteroatoms. The first-order valence-corrected chi connectivity index (χ1v) is 23.9. The predicted octanol–water partition coefficient (Wildman–Crippen LogP) is 7.51. The van der Waals surface area contributed by atoms with E-state index in [2.05, 4.69) is 10.1 Å². The molecule has 4 aliphatic heterocycles. The molecule has 0 radical (unpaired) electrons. The number of nitro groups is 3. The Morgan fingerprint density at radius 2 is 1.58 bits per heavy atom. The third kappa shape index (κ3) is 7.85. The summed E-state index contributed by atoms with van der Waals surface area (Å²) >= 11 is 0. The molecule has 0 N–H and O–H groups in total. The van der Waals surface area contributed by atoms with Crippen LogP contribution in [0, 0.1) is 37.3 Å². The number of esters is 2. The fraction of sp³-hybridized carbons (Fsp3) is 0.400. The highest BCUT2D eigenvalue weighted by atomic mass is 16.7. The second-order valence-corrected chi connectivity index (χ2v) is 18.7. The molecule has 2 fully saturated rings. The minimum Gasteiger partial charge on any atom is -0.457 e. The molecule has 5 aliphatic rings. The summed E-state index contributed by atoms with van der Waals surface area (Å²) in [7, 11) is 0. The van der Waals surface area contributed by atoms with Gasteiger partial charge in [0.2, 0.25) is 11.7 Å². The highest BCUT2D eigenvalue weighted by Gasteiger charge is 2.51. The van der Waals surface area contributed by atoms with Gasteiger partial charge in [0, 0.05) is 70.5 Å². The van der Waals surface area contributed by atoms with E-state index in [1.165, 1.54) is 43.7 Å². The molecular weight excluding hydrogens is 937 g/mol. The number of cyclic esters (lactones) is 1. The fourth-order valence-electron chi connectivity index (χ4n) is 11.0. The highest BCUT2D eigenvalue weighted by Crippen LogP contribution is 2.48. The van der Waals surface area contributed by atoms with Gasteiger partial charge in [-0.05, 0) is 101 Å². The zero-order valence-corrected chi connectivity index (χ0v) is 39.8. The molecule has 22 nitrogen and oxygen atoms in total. The average Bonchev–Trinajstić information content (AvgIpc) is 3.91. The molecule has 6 heterocycles. The number of hydrogen-bond acceptors (Lipinski definition) is 17. The summed E-state index contributed by atoms with van der Waals surface area (Å²) in [5.74, 6) is -1.74. The summed E-state index contributed by atoms with van der Waals surface area (Å²) in [6.07, 6.45) is 3.78.